The van der Waals surface area contributed by atoms with Gasteiger partial charge >= 0.3 is 0 Å². The molecule has 0 spiro atoms. The first-order valence-electron chi connectivity index (χ1n) is 4.89. The molecule has 1 unspecified atom stereocenters. The van der Waals surface area contributed by atoms with Crippen molar-refractivity contribution in [3.05, 3.63) is 22.7 Å². The fraction of sp³-hybridized carbons (Fsp3) is 0.455. The first kappa shape index (κ1) is 13.1. The Bertz CT molecular complexity index is 357. The maximum absolute atomic E-state index is 8.89. The summed E-state index contributed by atoms with van der Waals surface area (Å²) in [7, 11) is 3.08. The van der Waals surface area contributed by atoms with Crippen molar-refractivity contribution < 1.29 is 14.6 Å². The molecule has 0 fully saturated rings. The molecule has 0 aliphatic carbocycles. The van der Waals surface area contributed by atoms with E-state index in [0.717, 1.165) is 5.56 Å². The number of rotatable bonds is 5. The van der Waals surface area contributed by atoms with Gasteiger partial charge in [0.2, 0.25) is 0 Å². The maximum atomic E-state index is 8.89. The fourth-order valence-corrected chi connectivity index (χ4v) is 1.75. The van der Waals surface area contributed by atoms with Gasteiger partial charge in [-0.2, -0.15) is 0 Å². The Balaban J connectivity index is 3.04. The van der Waals surface area contributed by atoms with E-state index in [9.17, 15) is 0 Å². The van der Waals surface area contributed by atoms with Gasteiger partial charge in [0.1, 0.15) is 0 Å². The van der Waals surface area contributed by atoms with E-state index in [4.69, 9.17) is 31.9 Å². The van der Waals surface area contributed by atoms with E-state index in [1.807, 2.05) is 6.07 Å². The van der Waals surface area contributed by atoms with Crippen molar-refractivity contribution in [1.29, 1.82) is 0 Å². The topological polar surface area (TPSA) is 64.7 Å². The molecule has 3 N–H and O–H groups in total. The Morgan fingerprint density at radius 2 is 2.06 bits per heavy atom. The van der Waals surface area contributed by atoms with E-state index in [1.165, 1.54) is 7.11 Å². The predicted octanol–water partition coefficient (Wildman–Crippen LogP) is 1.22. The van der Waals surface area contributed by atoms with Crippen LogP contribution in [0.3, 0.4) is 0 Å². The van der Waals surface area contributed by atoms with Crippen LogP contribution in [0.2, 0.25) is 5.02 Å². The number of methoxy groups -OCH3 is 2. The van der Waals surface area contributed by atoms with E-state index in [1.54, 1.807) is 13.2 Å². The molecule has 0 heterocycles. The van der Waals surface area contributed by atoms with Gasteiger partial charge in [0.05, 0.1) is 25.8 Å². The highest BCUT2D eigenvalue weighted by molar-refractivity contribution is 6.33. The van der Waals surface area contributed by atoms with Crippen molar-refractivity contribution in [2.75, 3.05) is 20.8 Å². The van der Waals surface area contributed by atoms with Crippen LogP contribution in [-0.4, -0.2) is 32.0 Å². The first-order chi connectivity index (χ1) is 7.63. The lowest BCUT2D eigenvalue weighted by molar-refractivity contribution is 0.265. The molecule has 1 aromatic rings. The molecule has 0 radical (unpaired) electrons. The minimum Gasteiger partial charge on any atom is -0.493 e. The van der Waals surface area contributed by atoms with E-state index < -0.39 is 0 Å². The lowest BCUT2D eigenvalue weighted by Crippen LogP contribution is -2.26. The molecule has 1 aromatic carbocycles. The van der Waals surface area contributed by atoms with Crippen molar-refractivity contribution in [2.45, 2.75) is 12.5 Å². The molecule has 16 heavy (non-hydrogen) atoms. The fourth-order valence-electron chi connectivity index (χ4n) is 1.43. The molecular formula is C11H16ClNO3. The number of aliphatic hydroxyl groups excluding tert-OH is 1. The third-order valence-electron chi connectivity index (χ3n) is 2.28. The average molecular weight is 246 g/mol. The molecule has 4 nitrogen and oxygen atoms in total. The monoisotopic (exact) mass is 245 g/mol. The molecule has 1 rings (SSSR count). The Labute approximate surface area is 99.9 Å². The Hall–Kier alpha value is -0.970. The van der Waals surface area contributed by atoms with Crippen LogP contribution in [0.15, 0.2) is 12.1 Å². The molecule has 5 heteroatoms. The van der Waals surface area contributed by atoms with Gasteiger partial charge in [0, 0.05) is 6.04 Å². The third-order valence-corrected chi connectivity index (χ3v) is 2.70. The smallest absolute Gasteiger partial charge is 0.179 e. The molecule has 0 bridgehead atoms. The molecule has 0 saturated heterocycles. The second-order valence-corrected chi connectivity index (χ2v) is 3.80. The predicted molar refractivity (Wildman–Crippen MR) is 63.3 cm³/mol. The largest absolute Gasteiger partial charge is 0.493 e. The maximum Gasteiger partial charge on any atom is 0.179 e. The van der Waals surface area contributed by atoms with Crippen LogP contribution in [0.25, 0.3) is 0 Å². The van der Waals surface area contributed by atoms with Crippen LogP contribution in [0.5, 0.6) is 11.5 Å². The molecule has 1 atom stereocenters. The summed E-state index contributed by atoms with van der Waals surface area (Å²) in [6, 6.07) is 3.26. The molecule has 0 aromatic heterocycles. The SMILES string of the molecule is COc1ccc(CC(N)CO)c(Cl)c1OC. The number of aliphatic hydroxyl groups is 1. The van der Waals surface area contributed by atoms with Crippen LogP contribution in [-0.2, 0) is 6.42 Å². The molecule has 0 saturated carbocycles. The quantitative estimate of drug-likeness (QED) is 0.819. The number of halogens is 1. The summed E-state index contributed by atoms with van der Waals surface area (Å²) in [6.45, 7) is -0.0787. The molecule has 90 valence electrons. The molecule has 0 amide bonds. The average Bonchev–Trinajstić information content (AvgIpc) is 2.31. The number of ether oxygens (including phenoxy) is 2. The summed E-state index contributed by atoms with van der Waals surface area (Å²) in [5.41, 5.74) is 6.49. The summed E-state index contributed by atoms with van der Waals surface area (Å²) in [5.74, 6) is 1.07. The van der Waals surface area contributed by atoms with Crippen LogP contribution >= 0.6 is 11.6 Å². The van der Waals surface area contributed by atoms with Crippen LogP contribution in [0.4, 0.5) is 0 Å². The van der Waals surface area contributed by atoms with Crippen molar-refractivity contribution in [3.8, 4) is 11.5 Å². The second-order valence-electron chi connectivity index (χ2n) is 3.42. The highest BCUT2D eigenvalue weighted by Gasteiger charge is 2.14. The summed E-state index contributed by atoms with van der Waals surface area (Å²) in [6.07, 6.45) is 0.496. The summed E-state index contributed by atoms with van der Waals surface area (Å²) < 4.78 is 10.3. The minimum atomic E-state index is -0.324. The van der Waals surface area contributed by atoms with Gasteiger partial charge in [-0.05, 0) is 18.1 Å². The van der Waals surface area contributed by atoms with Crippen LogP contribution in [0.1, 0.15) is 5.56 Å². The Morgan fingerprint density at radius 1 is 1.38 bits per heavy atom. The lowest BCUT2D eigenvalue weighted by atomic mass is 10.1. The second kappa shape index (κ2) is 5.94. The summed E-state index contributed by atoms with van der Waals surface area (Å²) in [5, 5.41) is 9.37. The Morgan fingerprint density at radius 3 is 2.56 bits per heavy atom. The van der Waals surface area contributed by atoms with Gasteiger partial charge in [-0.1, -0.05) is 17.7 Å². The number of hydrogen-bond donors (Lipinski definition) is 2. The normalized spacial score (nSPS) is 12.3. The van der Waals surface area contributed by atoms with Gasteiger partial charge < -0.3 is 20.3 Å². The van der Waals surface area contributed by atoms with Gasteiger partial charge in [-0.25, -0.2) is 0 Å². The summed E-state index contributed by atoms with van der Waals surface area (Å²) >= 11 is 6.15. The van der Waals surface area contributed by atoms with E-state index in [2.05, 4.69) is 0 Å². The van der Waals surface area contributed by atoms with E-state index in [0.29, 0.717) is 22.9 Å². The highest BCUT2D eigenvalue weighted by Crippen LogP contribution is 2.37. The van der Waals surface area contributed by atoms with Crippen molar-refractivity contribution in [2.24, 2.45) is 5.73 Å². The van der Waals surface area contributed by atoms with E-state index >= 15 is 0 Å². The van der Waals surface area contributed by atoms with Crippen LogP contribution in [0, 0.1) is 0 Å². The van der Waals surface area contributed by atoms with Crippen LogP contribution < -0.4 is 15.2 Å². The molecule has 0 aliphatic heterocycles. The molecular weight excluding hydrogens is 230 g/mol. The lowest BCUT2D eigenvalue weighted by Gasteiger charge is -2.14. The third kappa shape index (κ3) is 2.78. The summed E-state index contributed by atoms with van der Waals surface area (Å²) in [4.78, 5) is 0. The molecule has 0 aliphatic rings. The highest BCUT2D eigenvalue weighted by atomic mass is 35.5. The minimum absolute atomic E-state index is 0.0787. The first-order valence-corrected chi connectivity index (χ1v) is 5.27. The zero-order valence-electron chi connectivity index (χ0n) is 9.37. The van der Waals surface area contributed by atoms with Crippen molar-refractivity contribution in [1.82, 2.24) is 0 Å². The standard InChI is InChI=1S/C11H16ClNO3/c1-15-9-4-3-7(5-8(13)6-14)10(12)11(9)16-2/h3-4,8,14H,5-6,13H2,1-2H3. The van der Waals surface area contributed by atoms with Gasteiger partial charge in [0.25, 0.3) is 0 Å². The number of benzene rings is 1. The zero-order chi connectivity index (χ0) is 12.1. The zero-order valence-corrected chi connectivity index (χ0v) is 10.1. The van der Waals surface area contributed by atoms with E-state index in [-0.39, 0.29) is 12.6 Å². The Kier molecular flexibility index (Phi) is 4.86. The number of nitrogens with two attached hydrogens (primary N) is 1. The number of hydrogen-bond acceptors (Lipinski definition) is 4. The van der Waals surface area contributed by atoms with Crippen molar-refractivity contribution >= 4 is 11.6 Å². The van der Waals surface area contributed by atoms with Gasteiger partial charge in [0.15, 0.2) is 11.5 Å². The van der Waals surface area contributed by atoms with Gasteiger partial charge in [-0.3, -0.25) is 0 Å². The van der Waals surface area contributed by atoms with Gasteiger partial charge in [-0.15, -0.1) is 0 Å². The van der Waals surface area contributed by atoms with Crippen molar-refractivity contribution in [3.63, 3.8) is 0 Å².